The van der Waals surface area contributed by atoms with E-state index in [0.29, 0.717) is 0 Å². The van der Waals surface area contributed by atoms with E-state index >= 15 is 0 Å². The second-order valence-electron chi connectivity index (χ2n) is 5.24. The quantitative estimate of drug-likeness (QED) is 0.770. The Bertz CT molecular complexity index is 505. The van der Waals surface area contributed by atoms with E-state index in [4.69, 9.17) is 3.32 Å². The molecule has 0 amide bonds. The molecule has 0 N–H and O–H groups in total. The number of rotatable bonds is 5. The van der Waals surface area contributed by atoms with Gasteiger partial charge >= 0.3 is 128 Å². The van der Waals surface area contributed by atoms with Crippen LogP contribution in [-0.2, 0) is 24.1 Å². The third-order valence-corrected chi connectivity index (χ3v) is 3.92. The Hall–Kier alpha value is -0.666. The first-order chi connectivity index (χ1) is 9.11. The van der Waals surface area contributed by atoms with Crippen LogP contribution >= 0.6 is 0 Å². The molecular weight excluding hydrogens is 270 g/mol. The fourth-order valence-corrected chi connectivity index (χ4v) is 2.65. The van der Waals surface area contributed by atoms with Gasteiger partial charge in [-0.1, -0.05) is 0 Å². The average molecular weight is 290 g/mol. The number of hydrogen-bond donors (Lipinski definition) is 0. The summed E-state index contributed by atoms with van der Waals surface area (Å²) in [5.74, 6) is 0. The van der Waals surface area contributed by atoms with E-state index in [9.17, 15) is 0 Å². The van der Waals surface area contributed by atoms with Crippen molar-refractivity contribution in [3.05, 3.63) is 53.1 Å². The second kappa shape index (κ2) is 6.67. The Kier molecular flexibility index (Phi) is 5.17. The Labute approximate surface area is 128 Å². The minimum absolute atomic E-state index is 0.134. The summed E-state index contributed by atoms with van der Waals surface area (Å²) in [4.78, 5) is 2.20. The van der Waals surface area contributed by atoms with Crippen molar-refractivity contribution in [2.24, 2.45) is 0 Å². The molecule has 0 heterocycles. The second-order valence-corrected chi connectivity index (χ2v) is 5.61. The fraction of sp³-hybridized carbons (Fsp3) is 0.375. The maximum atomic E-state index is 5.48. The number of likely N-dealkylation sites (N-methyl/N-ethyl adjacent to an activating group) is 1. The average Bonchev–Trinajstić information content (AvgIpc) is 2.85. The SMILES string of the molecule is CC([O][Ti])c1ccccc1C1=CC(CN(C)C)=CC1. The molecule has 0 aromatic heterocycles. The summed E-state index contributed by atoms with van der Waals surface area (Å²) >= 11 is 1.76. The molecule has 0 spiro atoms. The van der Waals surface area contributed by atoms with Gasteiger partial charge in [0.15, 0.2) is 0 Å². The van der Waals surface area contributed by atoms with Gasteiger partial charge in [-0.05, 0) is 0 Å². The molecule has 1 unspecified atom stereocenters. The van der Waals surface area contributed by atoms with Crippen molar-refractivity contribution in [2.75, 3.05) is 20.6 Å². The van der Waals surface area contributed by atoms with Crippen LogP contribution in [0, 0.1) is 0 Å². The maximum absolute atomic E-state index is 5.48. The third kappa shape index (κ3) is 3.67. The van der Waals surface area contributed by atoms with Crippen molar-refractivity contribution < 1.29 is 24.1 Å². The molecule has 1 aliphatic carbocycles. The van der Waals surface area contributed by atoms with Gasteiger partial charge in [-0.25, -0.2) is 0 Å². The van der Waals surface area contributed by atoms with E-state index in [1.165, 1.54) is 22.3 Å². The van der Waals surface area contributed by atoms with Gasteiger partial charge in [0.2, 0.25) is 0 Å². The molecule has 19 heavy (non-hydrogen) atoms. The van der Waals surface area contributed by atoms with Gasteiger partial charge in [-0.15, -0.1) is 0 Å². The first kappa shape index (κ1) is 14.7. The molecule has 1 aromatic rings. The van der Waals surface area contributed by atoms with Crippen LogP contribution in [0.15, 0.2) is 42.0 Å². The number of nitrogens with zero attached hydrogens (tertiary/aromatic N) is 1. The van der Waals surface area contributed by atoms with Crippen molar-refractivity contribution in [1.29, 1.82) is 0 Å². The van der Waals surface area contributed by atoms with E-state index in [1.54, 1.807) is 20.8 Å². The van der Waals surface area contributed by atoms with Crippen LogP contribution < -0.4 is 0 Å². The molecule has 0 bridgehead atoms. The molecule has 2 nitrogen and oxygen atoms in total. The summed E-state index contributed by atoms with van der Waals surface area (Å²) in [5, 5.41) is 0. The standard InChI is InChI=1S/C16H20NO.Ti/c1-12(18)15-6-4-5-7-16(15)14-9-8-13(10-14)11-17(2)3;/h4-8,10,12H,9,11H2,1-3H3;/q-1;+1. The minimum atomic E-state index is 0.134. The predicted molar refractivity (Wildman–Crippen MR) is 75.2 cm³/mol. The first-order valence-corrected chi connectivity index (χ1v) is 7.21. The van der Waals surface area contributed by atoms with E-state index < -0.39 is 0 Å². The van der Waals surface area contributed by atoms with Gasteiger partial charge in [-0.2, -0.15) is 0 Å². The van der Waals surface area contributed by atoms with Crippen LogP contribution in [0.4, 0.5) is 0 Å². The Morgan fingerprint density at radius 1 is 1.32 bits per heavy atom. The molecule has 0 fully saturated rings. The normalized spacial score (nSPS) is 16.4. The molecule has 3 heteroatoms. The van der Waals surface area contributed by atoms with Gasteiger partial charge in [0.05, 0.1) is 0 Å². The number of hydrogen-bond acceptors (Lipinski definition) is 2. The fourth-order valence-electron chi connectivity index (χ4n) is 2.45. The monoisotopic (exact) mass is 290 g/mol. The number of allylic oxidation sites excluding steroid dienone is 2. The van der Waals surface area contributed by atoms with Crippen molar-refractivity contribution in [1.82, 2.24) is 4.90 Å². The molecule has 0 aliphatic heterocycles. The summed E-state index contributed by atoms with van der Waals surface area (Å²) in [5.41, 5.74) is 5.40. The topological polar surface area (TPSA) is 12.5 Å². The van der Waals surface area contributed by atoms with E-state index in [1.807, 2.05) is 0 Å². The van der Waals surface area contributed by atoms with Crippen LogP contribution in [-0.4, -0.2) is 25.5 Å². The summed E-state index contributed by atoms with van der Waals surface area (Å²) in [7, 11) is 4.21. The van der Waals surface area contributed by atoms with E-state index in [2.05, 4.69) is 62.3 Å². The van der Waals surface area contributed by atoms with Crippen molar-refractivity contribution >= 4 is 5.57 Å². The summed E-state index contributed by atoms with van der Waals surface area (Å²) < 4.78 is 5.48. The van der Waals surface area contributed by atoms with Crippen LogP contribution in [0.25, 0.3) is 5.57 Å². The summed E-state index contributed by atoms with van der Waals surface area (Å²) in [6.07, 6.45) is 5.80. The Morgan fingerprint density at radius 2 is 2.05 bits per heavy atom. The molecule has 0 saturated carbocycles. The van der Waals surface area contributed by atoms with E-state index in [-0.39, 0.29) is 6.10 Å². The third-order valence-electron chi connectivity index (χ3n) is 3.36. The Morgan fingerprint density at radius 3 is 2.74 bits per heavy atom. The van der Waals surface area contributed by atoms with Crippen molar-refractivity contribution in [3.8, 4) is 0 Å². The molecule has 2 rings (SSSR count). The van der Waals surface area contributed by atoms with Crippen LogP contribution in [0.1, 0.15) is 30.6 Å². The number of benzene rings is 1. The summed E-state index contributed by atoms with van der Waals surface area (Å²) in [6.45, 7) is 3.11. The molecule has 99 valence electrons. The molecule has 1 aliphatic rings. The van der Waals surface area contributed by atoms with Crippen LogP contribution in [0.3, 0.4) is 0 Å². The zero-order valence-electron chi connectivity index (χ0n) is 11.8. The van der Waals surface area contributed by atoms with Gasteiger partial charge < -0.3 is 0 Å². The van der Waals surface area contributed by atoms with Crippen LogP contribution in [0.2, 0.25) is 0 Å². The van der Waals surface area contributed by atoms with E-state index in [0.717, 1.165) is 13.0 Å². The van der Waals surface area contributed by atoms with Crippen molar-refractivity contribution in [3.63, 3.8) is 0 Å². The predicted octanol–water partition coefficient (Wildman–Crippen LogP) is 3.50. The zero-order valence-corrected chi connectivity index (χ0v) is 13.4. The first-order valence-electron chi connectivity index (χ1n) is 6.58. The molecule has 1 atom stereocenters. The van der Waals surface area contributed by atoms with Gasteiger partial charge in [0.1, 0.15) is 0 Å². The van der Waals surface area contributed by atoms with Crippen LogP contribution in [0.5, 0.6) is 0 Å². The zero-order chi connectivity index (χ0) is 13.8. The molecule has 0 saturated heterocycles. The molecule has 1 aromatic carbocycles. The van der Waals surface area contributed by atoms with Gasteiger partial charge in [0, 0.05) is 0 Å². The summed E-state index contributed by atoms with van der Waals surface area (Å²) in [6, 6.07) is 8.54. The van der Waals surface area contributed by atoms with Gasteiger partial charge in [0.25, 0.3) is 0 Å². The van der Waals surface area contributed by atoms with Crippen molar-refractivity contribution in [2.45, 2.75) is 19.4 Å². The Balaban J connectivity index is 2.25. The molecular formula is C16H20NOTi. The van der Waals surface area contributed by atoms with Gasteiger partial charge in [-0.3, -0.25) is 0 Å². The molecule has 0 radical (unpaired) electrons.